The third-order valence-corrected chi connectivity index (χ3v) is 2.76. The Kier molecular flexibility index (Phi) is 6.48. The van der Waals surface area contributed by atoms with E-state index in [9.17, 15) is 9.59 Å². The molecule has 21 heavy (non-hydrogen) atoms. The van der Waals surface area contributed by atoms with Crippen molar-refractivity contribution in [3.05, 3.63) is 12.1 Å². The molecule has 0 bridgehead atoms. The largest absolute Gasteiger partial charge is 0.493 e. The second kappa shape index (κ2) is 8.11. The second-order valence-corrected chi connectivity index (χ2v) is 4.24. The van der Waals surface area contributed by atoms with Crippen LogP contribution in [0.25, 0.3) is 0 Å². The zero-order chi connectivity index (χ0) is 15.8. The van der Waals surface area contributed by atoms with Gasteiger partial charge in [0.25, 0.3) is 0 Å². The standard InChI is InChI=1S/C14H21N3O4/c1-4-13(18)16-9-7-11(20-2)12(21-3)8-10(9)17-14(19)5-6-15/h7-8H,4-6,15H2,1-3H3,(H,16,18)(H,17,19). The van der Waals surface area contributed by atoms with Crippen LogP contribution in [-0.2, 0) is 9.59 Å². The average Bonchev–Trinajstić information content (AvgIpc) is 2.48. The lowest BCUT2D eigenvalue weighted by Gasteiger charge is -2.16. The molecule has 0 saturated heterocycles. The number of nitrogens with two attached hydrogens (primary N) is 1. The summed E-state index contributed by atoms with van der Waals surface area (Å²) in [5.41, 5.74) is 6.24. The molecule has 0 aromatic heterocycles. The number of rotatable bonds is 7. The highest BCUT2D eigenvalue weighted by Gasteiger charge is 2.14. The summed E-state index contributed by atoms with van der Waals surface area (Å²) >= 11 is 0. The van der Waals surface area contributed by atoms with Crippen LogP contribution < -0.4 is 25.8 Å². The number of hydrogen-bond acceptors (Lipinski definition) is 5. The van der Waals surface area contributed by atoms with E-state index in [2.05, 4.69) is 10.6 Å². The third kappa shape index (κ3) is 4.64. The molecule has 0 aliphatic carbocycles. The van der Waals surface area contributed by atoms with Crippen LogP contribution in [0.4, 0.5) is 11.4 Å². The van der Waals surface area contributed by atoms with Gasteiger partial charge in [-0.2, -0.15) is 0 Å². The monoisotopic (exact) mass is 295 g/mol. The summed E-state index contributed by atoms with van der Waals surface area (Å²) in [7, 11) is 2.99. The molecule has 1 aromatic carbocycles. The minimum atomic E-state index is -0.239. The summed E-state index contributed by atoms with van der Waals surface area (Å²) in [5, 5.41) is 5.41. The summed E-state index contributed by atoms with van der Waals surface area (Å²) in [6.07, 6.45) is 0.514. The van der Waals surface area contributed by atoms with E-state index < -0.39 is 0 Å². The van der Waals surface area contributed by atoms with Gasteiger partial charge < -0.3 is 25.8 Å². The molecular weight excluding hydrogens is 274 g/mol. The number of carbonyl (C=O) groups excluding carboxylic acids is 2. The first-order valence-electron chi connectivity index (χ1n) is 6.61. The van der Waals surface area contributed by atoms with Gasteiger partial charge in [-0.1, -0.05) is 6.92 Å². The lowest BCUT2D eigenvalue weighted by atomic mass is 10.2. The normalized spacial score (nSPS) is 9.90. The van der Waals surface area contributed by atoms with Crippen molar-refractivity contribution in [2.75, 3.05) is 31.4 Å². The van der Waals surface area contributed by atoms with Gasteiger partial charge in [0, 0.05) is 31.5 Å². The van der Waals surface area contributed by atoms with E-state index in [1.807, 2.05) is 0 Å². The van der Waals surface area contributed by atoms with Gasteiger partial charge in [0.1, 0.15) is 0 Å². The van der Waals surface area contributed by atoms with E-state index in [1.165, 1.54) is 14.2 Å². The van der Waals surface area contributed by atoms with Crippen molar-refractivity contribution in [2.45, 2.75) is 19.8 Å². The van der Waals surface area contributed by atoms with Crippen molar-refractivity contribution in [1.29, 1.82) is 0 Å². The van der Waals surface area contributed by atoms with Crippen LogP contribution in [0.2, 0.25) is 0 Å². The van der Waals surface area contributed by atoms with E-state index in [0.717, 1.165) is 0 Å². The molecule has 0 heterocycles. The first kappa shape index (κ1) is 16.8. The maximum Gasteiger partial charge on any atom is 0.225 e. The zero-order valence-corrected chi connectivity index (χ0v) is 12.5. The second-order valence-electron chi connectivity index (χ2n) is 4.24. The molecule has 1 rings (SSSR count). The molecule has 4 N–H and O–H groups in total. The van der Waals surface area contributed by atoms with Crippen molar-refractivity contribution < 1.29 is 19.1 Å². The maximum absolute atomic E-state index is 11.7. The first-order chi connectivity index (χ1) is 10.0. The molecule has 0 fully saturated rings. The van der Waals surface area contributed by atoms with Gasteiger partial charge in [0.2, 0.25) is 11.8 Å². The highest BCUT2D eigenvalue weighted by atomic mass is 16.5. The Labute approximate surface area is 123 Å². The Bertz CT molecular complexity index is 517. The molecule has 0 saturated carbocycles. The molecule has 116 valence electrons. The van der Waals surface area contributed by atoms with E-state index in [1.54, 1.807) is 19.1 Å². The Morgan fingerprint density at radius 2 is 1.52 bits per heavy atom. The molecule has 0 spiro atoms. The molecule has 0 aliphatic heterocycles. The number of carbonyl (C=O) groups is 2. The van der Waals surface area contributed by atoms with Gasteiger partial charge in [-0.15, -0.1) is 0 Å². The fraction of sp³-hybridized carbons (Fsp3) is 0.429. The summed E-state index contributed by atoms with van der Waals surface area (Å²) in [5.74, 6) is 0.504. The smallest absolute Gasteiger partial charge is 0.225 e. The van der Waals surface area contributed by atoms with Crippen LogP contribution in [0.1, 0.15) is 19.8 Å². The van der Waals surface area contributed by atoms with E-state index in [4.69, 9.17) is 15.2 Å². The number of methoxy groups -OCH3 is 2. The third-order valence-electron chi connectivity index (χ3n) is 2.76. The number of nitrogens with one attached hydrogen (secondary N) is 2. The minimum absolute atomic E-state index is 0.170. The topological polar surface area (TPSA) is 103 Å². The van der Waals surface area contributed by atoms with Gasteiger partial charge in [-0.3, -0.25) is 9.59 Å². The first-order valence-corrected chi connectivity index (χ1v) is 6.61. The lowest BCUT2D eigenvalue weighted by molar-refractivity contribution is -0.116. The van der Waals surface area contributed by atoms with Crippen molar-refractivity contribution in [3.63, 3.8) is 0 Å². The average molecular weight is 295 g/mol. The minimum Gasteiger partial charge on any atom is -0.493 e. The predicted octanol–water partition coefficient (Wildman–Crippen LogP) is 1.34. The number of benzene rings is 1. The van der Waals surface area contributed by atoms with Gasteiger partial charge in [-0.05, 0) is 0 Å². The van der Waals surface area contributed by atoms with Gasteiger partial charge in [0.05, 0.1) is 25.6 Å². The molecule has 7 heteroatoms. The van der Waals surface area contributed by atoms with E-state index >= 15 is 0 Å². The summed E-state index contributed by atoms with van der Waals surface area (Å²) in [4.78, 5) is 23.3. The van der Waals surface area contributed by atoms with Crippen LogP contribution in [0.15, 0.2) is 12.1 Å². The Hall–Kier alpha value is -2.28. The molecular formula is C14H21N3O4. The van der Waals surface area contributed by atoms with Crippen molar-refractivity contribution >= 4 is 23.2 Å². The lowest BCUT2D eigenvalue weighted by Crippen LogP contribution is -2.18. The van der Waals surface area contributed by atoms with Crippen LogP contribution >= 0.6 is 0 Å². The number of ether oxygens (including phenoxy) is 2. The number of amides is 2. The maximum atomic E-state index is 11.7. The SMILES string of the molecule is CCC(=O)Nc1cc(OC)c(OC)cc1NC(=O)CCN. The van der Waals surface area contributed by atoms with Crippen LogP contribution in [-0.4, -0.2) is 32.6 Å². The van der Waals surface area contributed by atoms with E-state index in [-0.39, 0.29) is 24.8 Å². The summed E-state index contributed by atoms with van der Waals surface area (Å²) in [6.45, 7) is 1.98. The van der Waals surface area contributed by atoms with Gasteiger partial charge in [-0.25, -0.2) is 0 Å². The number of hydrogen-bond donors (Lipinski definition) is 3. The summed E-state index contributed by atoms with van der Waals surface area (Å²) < 4.78 is 10.4. The molecule has 0 radical (unpaired) electrons. The fourth-order valence-corrected chi connectivity index (χ4v) is 1.67. The predicted molar refractivity (Wildman–Crippen MR) is 80.8 cm³/mol. The molecule has 0 aliphatic rings. The molecule has 0 atom stereocenters. The highest BCUT2D eigenvalue weighted by Crippen LogP contribution is 2.36. The molecule has 0 unspecified atom stereocenters. The van der Waals surface area contributed by atoms with Crippen molar-refractivity contribution in [3.8, 4) is 11.5 Å². The molecule has 1 aromatic rings. The van der Waals surface area contributed by atoms with Gasteiger partial charge >= 0.3 is 0 Å². The fourth-order valence-electron chi connectivity index (χ4n) is 1.67. The zero-order valence-electron chi connectivity index (χ0n) is 12.5. The van der Waals surface area contributed by atoms with Crippen LogP contribution in [0, 0.1) is 0 Å². The Morgan fingerprint density at radius 1 is 1.05 bits per heavy atom. The number of anilines is 2. The van der Waals surface area contributed by atoms with E-state index in [0.29, 0.717) is 29.3 Å². The quantitative estimate of drug-likeness (QED) is 0.704. The Morgan fingerprint density at radius 3 is 1.90 bits per heavy atom. The summed E-state index contributed by atoms with van der Waals surface area (Å²) in [6, 6.07) is 3.20. The molecule has 7 nitrogen and oxygen atoms in total. The highest BCUT2D eigenvalue weighted by molar-refractivity contribution is 6.00. The van der Waals surface area contributed by atoms with Crippen LogP contribution in [0.3, 0.4) is 0 Å². The van der Waals surface area contributed by atoms with Crippen molar-refractivity contribution in [2.24, 2.45) is 5.73 Å². The van der Waals surface area contributed by atoms with Crippen molar-refractivity contribution in [1.82, 2.24) is 0 Å². The van der Waals surface area contributed by atoms with Gasteiger partial charge in [0.15, 0.2) is 11.5 Å². The Balaban J connectivity index is 3.16. The molecule has 2 amide bonds. The van der Waals surface area contributed by atoms with Crippen LogP contribution in [0.5, 0.6) is 11.5 Å².